The van der Waals surface area contributed by atoms with E-state index in [-0.39, 0.29) is 29.9 Å². The maximum Gasteiger partial charge on any atom is 0.325 e. The van der Waals surface area contributed by atoms with Gasteiger partial charge in [-0.15, -0.1) is 0 Å². The molecule has 0 aromatic rings. The summed E-state index contributed by atoms with van der Waals surface area (Å²) in [5, 5.41) is 3.35. The van der Waals surface area contributed by atoms with Gasteiger partial charge in [-0.05, 0) is 46.6 Å². The van der Waals surface area contributed by atoms with E-state index in [0.717, 1.165) is 32.2 Å². The van der Waals surface area contributed by atoms with Crippen LogP contribution in [0.1, 0.15) is 53.4 Å². The summed E-state index contributed by atoms with van der Waals surface area (Å²) in [6.45, 7) is 9.87. The average molecular weight is 298 g/mol. The molecule has 0 saturated carbocycles. The highest BCUT2D eigenvalue weighted by Gasteiger charge is 2.42. The lowest BCUT2D eigenvalue weighted by Crippen LogP contribution is -2.54. The number of esters is 1. The van der Waals surface area contributed by atoms with Gasteiger partial charge in [-0.3, -0.25) is 9.59 Å². The summed E-state index contributed by atoms with van der Waals surface area (Å²) < 4.78 is 5.00. The first kappa shape index (κ1) is 18.0. The number of nitrogens with one attached hydrogen (secondary N) is 1. The van der Waals surface area contributed by atoms with Crippen LogP contribution >= 0.6 is 0 Å². The molecule has 1 N–H and O–H groups in total. The molecule has 1 fully saturated rings. The van der Waals surface area contributed by atoms with Crippen LogP contribution in [0.2, 0.25) is 0 Å². The number of carbonyl (C=O) groups is 2. The number of carbonyl (C=O) groups excluding carboxylic acids is 2. The van der Waals surface area contributed by atoms with E-state index in [1.54, 1.807) is 11.8 Å². The maximum atomic E-state index is 13.1. The zero-order valence-electron chi connectivity index (χ0n) is 13.9. The summed E-state index contributed by atoms with van der Waals surface area (Å²) in [7, 11) is 0. The highest BCUT2D eigenvalue weighted by Crippen LogP contribution is 2.34. The van der Waals surface area contributed by atoms with Gasteiger partial charge in [0.25, 0.3) is 0 Å². The Labute approximate surface area is 128 Å². The summed E-state index contributed by atoms with van der Waals surface area (Å²) in [4.78, 5) is 26.5. The zero-order chi connectivity index (χ0) is 15.9. The van der Waals surface area contributed by atoms with E-state index < -0.39 is 0 Å². The van der Waals surface area contributed by atoms with Crippen molar-refractivity contribution >= 4 is 11.9 Å². The van der Waals surface area contributed by atoms with Gasteiger partial charge in [0.2, 0.25) is 5.91 Å². The minimum absolute atomic E-state index is 0.00226. The van der Waals surface area contributed by atoms with Crippen molar-refractivity contribution in [3.05, 3.63) is 0 Å². The third-order valence-electron chi connectivity index (χ3n) is 4.14. The van der Waals surface area contributed by atoms with Gasteiger partial charge in [0.15, 0.2) is 0 Å². The molecule has 0 aromatic carbocycles. The van der Waals surface area contributed by atoms with E-state index in [1.165, 1.54) is 0 Å². The molecule has 1 aliphatic heterocycles. The fourth-order valence-electron chi connectivity index (χ4n) is 3.09. The molecule has 0 aliphatic carbocycles. The van der Waals surface area contributed by atoms with Gasteiger partial charge < -0.3 is 15.0 Å². The lowest BCUT2D eigenvalue weighted by atomic mass is 9.75. The normalized spacial score (nSPS) is 22.1. The Hall–Kier alpha value is -1.10. The number of hydrogen-bond donors (Lipinski definition) is 1. The summed E-state index contributed by atoms with van der Waals surface area (Å²) in [6, 6.07) is -0.00226. The van der Waals surface area contributed by atoms with Crippen LogP contribution in [0.3, 0.4) is 0 Å². The Balaban J connectivity index is 2.88. The molecule has 5 heteroatoms. The lowest BCUT2D eigenvalue weighted by Gasteiger charge is -2.41. The molecule has 0 bridgehead atoms. The van der Waals surface area contributed by atoms with Gasteiger partial charge in [0.1, 0.15) is 6.54 Å². The third-order valence-corrected chi connectivity index (χ3v) is 4.14. The van der Waals surface area contributed by atoms with E-state index in [2.05, 4.69) is 12.2 Å². The quantitative estimate of drug-likeness (QED) is 0.730. The van der Waals surface area contributed by atoms with Gasteiger partial charge in [0, 0.05) is 12.6 Å². The molecule has 21 heavy (non-hydrogen) atoms. The molecule has 1 atom stereocenters. The smallest absolute Gasteiger partial charge is 0.325 e. The van der Waals surface area contributed by atoms with Gasteiger partial charge in [0.05, 0.1) is 12.0 Å². The molecule has 1 saturated heterocycles. The number of ether oxygens (including phenoxy) is 1. The molecule has 1 heterocycles. The largest absolute Gasteiger partial charge is 0.465 e. The van der Waals surface area contributed by atoms with E-state index in [4.69, 9.17) is 4.74 Å². The Morgan fingerprint density at radius 3 is 2.52 bits per heavy atom. The minimum atomic E-state index is -0.357. The Bertz CT molecular complexity index is 344. The first-order valence-electron chi connectivity index (χ1n) is 8.14. The molecular weight excluding hydrogens is 268 g/mol. The minimum Gasteiger partial charge on any atom is -0.465 e. The van der Waals surface area contributed by atoms with E-state index in [1.807, 2.05) is 13.8 Å². The fourth-order valence-corrected chi connectivity index (χ4v) is 3.09. The second-order valence-corrected chi connectivity index (χ2v) is 6.14. The van der Waals surface area contributed by atoms with Crippen LogP contribution in [0.4, 0.5) is 0 Å². The summed E-state index contributed by atoms with van der Waals surface area (Å²) in [5.41, 5.74) is -0.357. The van der Waals surface area contributed by atoms with E-state index in [9.17, 15) is 9.59 Å². The Kier molecular flexibility index (Phi) is 7.15. The standard InChI is InChI=1S/C16H30N2O3/c1-5-8-16(9-7-10-17-12-16)15(20)18(13(3)4)11-14(19)21-6-2/h13,17H,5-12H2,1-4H3. The van der Waals surface area contributed by atoms with Crippen LogP contribution in [0.5, 0.6) is 0 Å². The van der Waals surface area contributed by atoms with Crippen molar-refractivity contribution in [2.45, 2.75) is 59.4 Å². The highest BCUT2D eigenvalue weighted by atomic mass is 16.5. The zero-order valence-corrected chi connectivity index (χ0v) is 13.9. The lowest BCUT2D eigenvalue weighted by molar-refractivity contribution is -0.155. The van der Waals surface area contributed by atoms with Gasteiger partial charge in [-0.25, -0.2) is 0 Å². The first-order valence-corrected chi connectivity index (χ1v) is 8.14. The van der Waals surface area contributed by atoms with Crippen molar-refractivity contribution in [3.8, 4) is 0 Å². The van der Waals surface area contributed by atoms with Gasteiger partial charge >= 0.3 is 5.97 Å². The van der Waals surface area contributed by atoms with Crippen molar-refractivity contribution in [2.75, 3.05) is 26.2 Å². The molecule has 1 unspecified atom stereocenters. The van der Waals surface area contributed by atoms with Crippen molar-refractivity contribution < 1.29 is 14.3 Å². The molecule has 0 radical (unpaired) electrons. The SMILES string of the molecule is CCCC1(C(=O)N(CC(=O)OCC)C(C)C)CCCNC1. The van der Waals surface area contributed by atoms with Gasteiger partial charge in [-0.2, -0.15) is 0 Å². The summed E-state index contributed by atoms with van der Waals surface area (Å²) in [5.74, 6) is -0.227. The molecular formula is C16H30N2O3. The Morgan fingerprint density at radius 1 is 1.33 bits per heavy atom. The predicted octanol–water partition coefficient (Wildman–Crippen LogP) is 1.96. The van der Waals surface area contributed by atoms with Crippen molar-refractivity contribution in [2.24, 2.45) is 5.41 Å². The van der Waals surface area contributed by atoms with Gasteiger partial charge in [-0.1, -0.05) is 13.3 Å². The van der Waals surface area contributed by atoms with Crippen LogP contribution in [-0.4, -0.2) is 49.1 Å². The molecule has 1 aliphatic rings. The van der Waals surface area contributed by atoms with Crippen LogP contribution < -0.4 is 5.32 Å². The molecule has 0 spiro atoms. The number of piperidine rings is 1. The van der Waals surface area contributed by atoms with Crippen LogP contribution in [0, 0.1) is 5.41 Å². The maximum absolute atomic E-state index is 13.1. The monoisotopic (exact) mass is 298 g/mol. The number of hydrogen-bond acceptors (Lipinski definition) is 4. The highest BCUT2D eigenvalue weighted by molar-refractivity contribution is 5.87. The molecule has 1 rings (SSSR count). The fraction of sp³-hybridized carbons (Fsp3) is 0.875. The van der Waals surface area contributed by atoms with E-state index in [0.29, 0.717) is 13.2 Å². The van der Waals surface area contributed by atoms with Crippen molar-refractivity contribution in [1.82, 2.24) is 10.2 Å². The second kappa shape index (κ2) is 8.37. The molecule has 1 amide bonds. The number of rotatable bonds is 7. The topological polar surface area (TPSA) is 58.6 Å². The molecule has 122 valence electrons. The molecule has 0 aromatic heterocycles. The van der Waals surface area contributed by atoms with Crippen LogP contribution in [0.25, 0.3) is 0 Å². The predicted molar refractivity (Wildman–Crippen MR) is 82.9 cm³/mol. The Morgan fingerprint density at radius 2 is 2.05 bits per heavy atom. The number of amides is 1. The third kappa shape index (κ3) is 4.70. The summed E-state index contributed by atoms with van der Waals surface area (Å²) >= 11 is 0. The first-order chi connectivity index (χ1) is 9.96. The van der Waals surface area contributed by atoms with Crippen LogP contribution in [-0.2, 0) is 14.3 Å². The molecule has 5 nitrogen and oxygen atoms in total. The van der Waals surface area contributed by atoms with Crippen molar-refractivity contribution in [1.29, 1.82) is 0 Å². The summed E-state index contributed by atoms with van der Waals surface area (Å²) in [6.07, 6.45) is 3.75. The van der Waals surface area contributed by atoms with Crippen molar-refractivity contribution in [3.63, 3.8) is 0 Å². The van der Waals surface area contributed by atoms with Crippen LogP contribution in [0.15, 0.2) is 0 Å². The van der Waals surface area contributed by atoms with E-state index >= 15 is 0 Å². The average Bonchev–Trinajstić information content (AvgIpc) is 2.45. The second-order valence-electron chi connectivity index (χ2n) is 6.14. The number of nitrogens with zero attached hydrogens (tertiary/aromatic N) is 1.